The third-order valence-corrected chi connectivity index (χ3v) is 5.48. The van der Waals surface area contributed by atoms with Crippen LogP contribution in [0, 0.1) is 0 Å². The Balaban J connectivity index is 1.53. The Kier molecular flexibility index (Phi) is 5.67. The van der Waals surface area contributed by atoms with Crippen LogP contribution in [-0.4, -0.2) is 39.3 Å². The van der Waals surface area contributed by atoms with Gasteiger partial charge in [0.15, 0.2) is 0 Å². The Hall–Kier alpha value is -3.05. The van der Waals surface area contributed by atoms with Crippen molar-refractivity contribution >= 4 is 28.1 Å². The van der Waals surface area contributed by atoms with E-state index >= 15 is 0 Å². The molecule has 0 radical (unpaired) electrons. The standard InChI is InChI=1S/C24H26N2O3/c1-17(18-7-8-20-16-21(28-2)10-9-19(20)15-18)24(27)25-22-5-3-4-6-23(22)26-11-13-29-14-12-26/h3-10,15-17H,11-14H2,1-2H3,(H,25,27)/t17-/m1/s1. The molecule has 1 heterocycles. The second-order valence-corrected chi connectivity index (χ2v) is 7.30. The predicted molar refractivity (Wildman–Crippen MR) is 117 cm³/mol. The number of para-hydroxylation sites is 2. The fourth-order valence-electron chi connectivity index (χ4n) is 3.69. The van der Waals surface area contributed by atoms with Gasteiger partial charge in [0, 0.05) is 13.1 Å². The molecule has 1 atom stereocenters. The molecular formula is C24H26N2O3. The van der Waals surface area contributed by atoms with Gasteiger partial charge in [-0.15, -0.1) is 0 Å². The van der Waals surface area contributed by atoms with Gasteiger partial charge in [0.05, 0.1) is 37.6 Å². The lowest BCUT2D eigenvalue weighted by Gasteiger charge is -2.30. The van der Waals surface area contributed by atoms with E-state index in [2.05, 4.69) is 22.3 Å². The van der Waals surface area contributed by atoms with Gasteiger partial charge in [0.1, 0.15) is 5.75 Å². The molecule has 0 saturated carbocycles. The molecule has 4 rings (SSSR count). The van der Waals surface area contributed by atoms with Gasteiger partial charge >= 0.3 is 0 Å². The fourth-order valence-corrected chi connectivity index (χ4v) is 3.69. The highest BCUT2D eigenvalue weighted by molar-refractivity contribution is 5.99. The highest BCUT2D eigenvalue weighted by atomic mass is 16.5. The highest BCUT2D eigenvalue weighted by Crippen LogP contribution is 2.29. The van der Waals surface area contributed by atoms with Gasteiger partial charge in [-0.3, -0.25) is 4.79 Å². The van der Waals surface area contributed by atoms with E-state index in [1.165, 1.54) is 0 Å². The molecule has 29 heavy (non-hydrogen) atoms. The van der Waals surface area contributed by atoms with Crippen molar-refractivity contribution in [2.24, 2.45) is 0 Å². The van der Waals surface area contributed by atoms with Gasteiger partial charge in [-0.05, 0) is 47.5 Å². The Morgan fingerprint density at radius 2 is 1.76 bits per heavy atom. The first-order chi connectivity index (χ1) is 14.2. The second kappa shape index (κ2) is 8.53. The monoisotopic (exact) mass is 390 g/mol. The Morgan fingerprint density at radius 3 is 2.55 bits per heavy atom. The summed E-state index contributed by atoms with van der Waals surface area (Å²) in [5, 5.41) is 5.32. The van der Waals surface area contributed by atoms with Gasteiger partial charge in [-0.2, -0.15) is 0 Å². The van der Waals surface area contributed by atoms with Crippen molar-refractivity contribution in [2.45, 2.75) is 12.8 Å². The number of nitrogens with one attached hydrogen (secondary N) is 1. The smallest absolute Gasteiger partial charge is 0.231 e. The van der Waals surface area contributed by atoms with Gasteiger partial charge in [-0.1, -0.05) is 36.4 Å². The SMILES string of the molecule is COc1ccc2cc([C@@H](C)C(=O)Nc3ccccc3N3CCOCC3)ccc2c1. The predicted octanol–water partition coefficient (Wildman–Crippen LogP) is 4.43. The Morgan fingerprint density at radius 1 is 1.03 bits per heavy atom. The van der Waals surface area contributed by atoms with E-state index in [0.29, 0.717) is 13.2 Å². The number of morpholine rings is 1. The van der Waals surface area contributed by atoms with E-state index in [0.717, 1.165) is 46.5 Å². The topological polar surface area (TPSA) is 50.8 Å². The van der Waals surface area contributed by atoms with E-state index in [4.69, 9.17) is 9.47 Å². The molecule has 0 bridgehead atoms. The first-order valence-corrected chi connectivity index (χ1v) is 9.96. The molecule has 5 nitrogen and oxygen atoms in total. The third kappa shape index (κ3) is 4.20. The minimum Gasteiger partial charge on any atom is -0.497 e. The number of fused-ring (bicyclic) bond motifs is 1. The summed E-state index contributed by atoms with van der Waals surface area (Å²) in [6.45, 7) is 5.02. The number of rotatable bonds is 5. The minimum absolute atomic E-state index is 0.0152. The third-order valence-electron chi connectivity index (χ3n) is 5.48. The average molecular weight is 390 g/mol. The summed E-state index contributed by atoms with van der Waals surface area (Å²) in [7, 11) is 1.66. The summed E-state index contributed by atoms with van der Waals surface area (Å²) in [6, 6.07) is 20.1. The average Bonchev–Trinajstić information content (AvgIpc) is 2.78. The van der Waals surface area contributed by atoms with Crippen LogP contribution < -0.4 is 15.0 Å². The zero-order valence-electron chi connectivity index (χ0n) is 16.9. The number of carbonyl (C=O) groups excluding carboxylic acids is 1. The van der Waals surface area contributed by atoms with Crippen LogP contribution in [0.4, 0.5) is 11.4 Å². The summed E-state index contributed by atoms with van der Waals surface area (Å²) in [4.78, 5) is 15.3. The zero-order valence-corrected chi connectivity index (χ0v) is 16.9. The van der Waals surface area contributed by atoms with Crippen molar-refractivity contribution in [2.75, 3.05) is 43.6 Å². The zero-order chi connectivity index (χ0) is 20.2. The molecule has 1 amide bonds. The number of amides is 1. The molecule has 3 aromatic carbocycles. The molecule has 5 heteroatoms. The number of hydrogen-bond acceptors (Lipinski definition) is 4. The van der Waals surface area contributed by atoms with Crippen LogP contribution in [0.5, 0.6) is 5.75 Å². The van der Waals surface area contributed by atoms with Crippen molar-refractivity contribution in [1.82, 2.24) is 0 Å². The van der Waals surface area contributed by atoms with E-state index in [1.807, 2.05) is 55.5 Å². The summed E-state index contributed by atoms with van der Waals surface area (Å²) in [5.74, 6) is 0.550. The number of methoxy groups -OCH3 is 1. The maximum absolute atomic E-state index is 13.0. The van der Waals surface area contributed by atoms with Crippen molar-refractivity contribution in [1.29, 1.82) is 0 Å². The molecular weight excluding hydrogens is 364 g/mol. The Labute approximate surface area is 171 Å². The normalized spacial score (nSPS) is 15.2. The minimum atomic E-state index is -0.265. The molecule has 1 aliphatic rings. The van der Waals surface area contributed by atoms with Crippen LogP contribution in [0.3, 0.4) is 0 Å². The van der Waals surface area contributed by atoms with E-state index in [9.17, 15) is 4.79 Å². The van der Waals surface area contributed by atoms with Crippen LogP contribution in [0.15, 0.2) is 60.7 Å². The maximum atomic E-state index is 13.0. The molecule has 150 valence electrons. The largest absolute Gasteiger partial charge is 0.497 e. The van der Waals surface area contributed by atoms with Crippen molar-refractivity contribution in [3.63, 3.8) is 0 Å². The second-order valence-electron chi connectivity index (χ2n) is 7.30. The van der Waals surface area contributed by atoms with Gasteiger partial charge in [0.25, 0.3) is 0 Å². The molecule has 1 aliphatic heterocycles. The molecule has 3 aromatic rings. The number of benzene rings is 3. The lowest BCUT2D eigenvalue weighted by molar-refractivity contribution is -0.117. The Bertz CT molecular complexity index is 1010. The van der Waals surface area contributed by atoms with Crippen LogP contribution in [0.1, 0.15) is 18.4 Å². The number of hydrogen-bond donors (Lipinski definition) is 1. The number of anilines is 2. The molecule has 0 spiro atoms. The summed E-state index contributed by atoms with van der Waals surface area (Å²) in [5.41, 5.74) is 2.88. The maximum Gasteiger partial charge on any atom is 0.231 e. The number of nitrogens with zero attached hydrogens (tertiary/aromatic N) is 1. The lowest BCUT2D eigenvalue weighted by atomic mass is 9.97. The molecule has 1 fully saturated rings. The van der Waals surface area contributed by atoms with Crippen LogP contribution in [-0.2, 0) is 9.53 Å². The first-order valence-electron chi connectivity index (χ1n) is 9.96. The molecule has 0 unspecified atom stereocenters. The van der Waals surface area contributed by atoms with Gasteiger partial charge in [0.2, 0.25) is 5.91 Å². The van der Waals surface area contributed by atoms with Crippen molar-refractivity contribution < 1.29 is 14.3 Å². The highest BCUT2D eigenvalue weighted by Gasteiger charge is 2.19. The fraction of sp³-hybridized carbons (Fsp3) is 0.292. The van der Waals surface area contributed by atoms with Crippen LogP contribution in [0.25, 0.3) is 10.8 Å². The quantitative estimate of drug-likeness (QED) is 0.700. The van der Waals surface area contributed by atoms with Crippen LogP contribution in [0.2, 0.25) is 0 Å². The number of carbonyl (C=O) groups is 1. The van der Waals surface area contributed by atoms with E-state index in [1.54, 1.807) is 7.11 Å². The summed E-state index contributed by atoms with van der Waals surface area (Å²) in [6.07, 6.45) is 0. The van der Waals surface area contributed by atoms with E-state index in [-0.39, 0.29) is 11.8 Å². The first kappa shape index (κ1) is 19.3. The summed E-state index contributed by atoms with van der Waals surface area (Å²) < 4.78 is 10.7. The van der Waals surface area contributed by atoms with Crippen molar-refractivity contribution in [3.05, 3.63) is 66.2 Å². The van der Waals surface area contributed by atoms with Gasteiger partial charge < -0.3 is 19.7 Å². The number of ether oxygens (including phenoxy) is 2. The molecule has 0 aliphatic carbocycles. The van der Waals surface area contributed by atoms with Gasteiger partial charge in [-0.25, -0.2) is 0 Å². The lowest BCUT2D eigenvalue weighted by Crippen LogP contribution is -2.36. The molecule has 0 aromatic heterocycles. The van der Waals surface area contributed by atoms with Crippen LogP contribution >= 0.6 is 0 Å². The van der Waals surface area contributed by atoms with Crippen molar-refractivity contribution in [3.8, 4) is 5.75 Å². The van der Waals surface area contributed by atoms with E-state index < -0.39 is 0 Å². The molecule has 1 N–H and O–H groups in total. The summed E-state index contributed by atoms with van der Waals surface area (Å²) >= 11 is 0. The molecule has 1 saturated heterocycles.